The summed E-state index contributed by atoms with van der Waals surface area (Å²) >= 11 is 7.84. The Balaban J connectivity index is 2.67. The van der Waals surface area contributed by atoms with Crippen LogP contribution in [0.5, 0.6) is 0 Å². The van der Waals surface area contributed by atoms with Crippen molar-refractivity contribution in [2.45, 2.75) is 6.42 Å². The van der Waals surface area contributed by atoms with Crippen LogP contribution in [0, 0.1) is 3.83 Å². The van der Waals surface area contributed by atoms with Crippen molar-refractivity contribution in [3.05, 3.63) is 14.7 Å². The fraction of sp³-hybridized carbons (Fsp3) is 0.167. The van der Waals surface area contributed by atoms with Crippen LogP contribution < -0.4 is 0 Å². The second-order valence-corrected chi connectivity index (χ2v) is 3.42. The number of nitrogens with zero attached hydrogens (tertiary/aromatic N) is 3. The van der Waals surface area contributed by atoms with Crippen LogP contribution >= 0.6 is 34.2 Å². The van der Waals surface area contributed by atoms with Crippen LogP contribution in [0.3, 0.4) is 0 Å². The third kappa shape index (κ3) is 1.24. The maximum atomic E-state index is 5.81. The van der Waals surface area contributed by atoms with Gasteiger partial charge in [-0.2, -0.15) is 0 Å². The lowest BCUT2D eigenvalue weighted by molar-refractivity contribution is 1.05. The van der Waals surface area contributed by atoms with E-state index in [2.05, 4.69) is 15.0 Å². The molecule has 2 heterocycles. The molecule has 0 spiro atoms. The van der Waals surface area contributed by atoms with Crippen molar-refractivity contribution in [2.24, 2.45) is 4.99 Å². The van der Waals surface area contributed by atoms with Crippen molar-refractivity contribution in [3.8, 4) is 0 Å². The lowest BCUT2D eigenvalue weighted by Crippen LogP contribution is -1.93. The van der Waals surface area contributed by atoms with E-state index in [4.69, 9.17) is 11.6 Å². The first-order valence-corrected chi connectivity index (χ1v) is 4.47. The molecule has 3 nitrogen and oxygen atoms in total. The molecule has 0 unspecified atom stereocenters. The summed E-state index contributed by atoms with van der Waals surface area (Å²) in [5.74, 6) is 0. The summed E-state index contributed by atoms with van der Waals surface area (Å²) < 4.78 is 0.678. The number of aliphatic imine (C=N–C) groups is 1. The highest BCUT2D eigenvalue weighted by Crippen LogP contribution is 2.29. The Morgan fingerprint density at radius 3 is 3.09 bits per heavy atom. The number of rotatable bonds is 0. The highest BCUT2D eigenvalue weighted by Gasteiger charge is 2.13. The normalized spacial score (nSPS) is 13.6. The van der Waals surface area contributed by atoms with E-state index in [1.54, 1.807) is 6.21 Å². The molecular weight excluding hydrogens is 276 g/mol. The highest BCUT2D eigenvalue weighted by atomic mass is 127. The number of aromatic nitrogens is 2. The smallest absolute Gasteiger partial charge is 0.192 e. The van der Waals surface area contributed by atoms with Gasteiger partial charge in [-0.1, -0.05) is 11.6 Å². The predicted octanol–water partition coefficient (Wildman–Crippen LogP) is 1.99. The SMILES string of the molecule is Clc1nc(I)nc2c1N=CC2. The average molecular weight is 279 g/mol. The Morgan fingerprint density at radius 2 is 2.27 bits per heavy atom. The zero-order valence-electron chi connectivity index (χ0n) is 5.38. The van der Waals surface area contributed by atoms with E-state index >= 15 is 0 Å². The largest absolute Gasteiger partial charge is 0.256 e. The third-order valence-electron chi connectivity index (χ3n) is 1.39. The molecule has 1 aromatic heterocycles. The summed E-state index contributed by atoms with van der Waals surface area (Å²) in [6.07, 6.45) is 2.56. The fourth-order valence-corrected chi connectivity index (χ4v) is 1.85. The summed E-state index contributed by atoms with van der Waals surface area (Å²) in [4.78, 5) is 12.2. The van der Waals surface area contributed by atoms with Crippen LogP contribution in [0.4, 0.5) is 5.69 Å². The van der Waals surface area contributed by atoms with Gasteiger partial charge in [0.05, 0.1) is 5.69 Å². The van der Waals surface area contributed by atoms with Crippen molar-refractivity contribution in [1.29, 1.82) is 0 Å². The topological polar surface area (TPSA) is 38.1 Å². The number of hydrogen-bond acceptors (Lipinski definition) is 3. The van der Waals surface area contributed by atoms with Crippen molar-refractivity contribution in [3.63, 3.8) is 0 Å². The lowest BCUT2D eigenvalue weighted by atomic mass is 10.3. The monoisotopic (exact) mass is 279 g/mol. The Kier molecular flexibility index (Phi) is 1.80. The Bertz CT molecular complexity index is 337. The number of hydrogen-bond donors (Lipinski definition) is 0. The van der Waals surface area contributed by atoms with Gasteiger partial charge in [0.2, 0.25) is 0 Å². The van der Waals surface area contributed by atoms with Gasteiger partial charge in [-0.25, -0.2) is 9.97 Å². The second-order valence-electron chi connectivity index (χ2n) is 2.09. The molecule has 5 heteroatoms. The summed E-state index contributed by atoms with van der Waals surface area (Å²) in [5.41, 5.74) is 1.65. The molecule has 0 bridgehead atoms. The van der Waals surface area contributed by atoms with Gasteiger partial charge >= 0.3 is 0 Å². The maximum Gasteiger partial charge on any atom is 0.192 e. The second kappa shape index (κ2) is 2.67. The summed E-state index contributed by atoms with van der Waals surface area (Å²) in [5, 5.41) is 0.452. The van der Waals surface area contributed by atoms with Crippen molar-refractivity contribution >= 4 is 46.1 Å². The molecule has 0 fully saturated rings. The van der Waals surface area contributed by atoms with Crippen molar-refractivity contribution in [1.82, 2.24) is 9.97 Å². The van der Waals surface area contributed by atoms with Crippen LogP contribution in [0.2, 0.25) is 5.15 Å². The van der Waals surface area contributed by atoms with Gasteiger partial charge in [0.25, 0.3) is 0 Å². The van der Waals surface area contributed by atoms with Gasteiger partial charge in [0.15, 0.2) is 8.98 Å². The summed E-state index contributed by atoms with van der Waals surface area (Å²) in [7, 11) is 0. The van der Waals surface area contributed by atoms with Gasteiger partial charge in [-0.05, 0) is 0 Å². The van der Waals surface area contributed by atoms with E-state index in [9.17, 15) is 0 Å². The molecule has 0 atom stereocenters. The molecule has 1 aliphatic rings. The molecule has 0 aliphatic carbocycles. The fourth-order valence-electron chi connectivity index (χ4n) is 0.936. The molecule has 0 saturated heterocycles. The molecule has 0 aromatic carbocycles. The van der Waals surface area contributed by atoms with Gasteiger partial charge in [0.1, 0.15) is 5.69 Å². The minimum Gasteiger partial charge on any atom is -0.256 e. The molecule has 1 aromatic rings. The molecule has 2 rings (SSSR count). The van der Waals surface area contributed by atoms with Gasteiger partial charge < -0.3 is 0 Å². The molecule has 0 N–H and O–H groups in total. The molecule has 56 valence electrons. The van der Waals surface area contributed by atoms with Crippen LogP contribution in [0.25, 0.3) is 0 Å². The molecular formula is C6H3ClIN3. The first-order chi connectivity index (χ1) is 5.27. The first kappa shape index (κ1) is 7.42. The van der Waals surface area contributed by atoms with Crippen LogP contribution in [0.15, 0.2) is 4.99 Å². The molecule has 0 radical (unpaired) electrons. The quantitative estimate of drug-likeness (QED) is 0.414. The molecule has 0 amide bonds. The Hall–Kier alpha value is -0.230. The average Bonchev–Trinajstić information content (AvgIpc) is 2.34. The van der Waals surface area contributed by atoms with Crippen LogP contribution in [0.1, 0.15) is 5.69 Å². The minimum atomic E-state index is 0.452. The zero-order chi connectivity index (χ0) is 7.84. The van der Waals surface area contributed by atoms with E-state index in [1.807, 2.05) is 22.6 Å². The van der Waals surface area contributed by atoms with Crippen LogP contribution in [-0.2, 0) is 6.42 Å². The van der Waals surface area contributed by atoms with E-state index in [0.717, 1.165) is 17.8 Å². The maximum absolute atomic E-state index is 5.81. The van der Waals surface area contributed by atoms with E-state index in [-0.39, 0.29) is 0 Å². The van der Waals surface area contributed by atoms with Gasteiger partial charge in [-0.15, -0.1) is 0 Å². The lowest BCUT2D eigenvalue weighted by Gasteiger charge is -1.97. The highest BCUT2D eigenvalue weighted by molar-refractivity contribution is 14.1. The van der Waals surface area contributed by atoms with E-state index in [0.29, 0.717) is 8.98 Å². The number of fused-ring (bicyclic) bond motifs is 1. The minimum absolute atomic E-state index is 0.452. The van der Waals surface area contributed by atoms with E-state index in [1.165, 1.54) is 0 Å². The first-order valence-electron chi connectivity index (χ1n) is 3.02. The molecule has 11 heavy (non-hydrogen) atoms. The predicted molar refractivity (Wildman–Crippen MR) is 51.6 cm³/mol. The third-order valence-corrected chi connectivity index (χ3v) is 2.14. The standard InChI is InChI=1S/C6H3ClIN3/c7-5-4-3(1-2-9-4)10-6(8)11-5/h2H,1H2. The van der Waals surface area contributed by atoms with Crippen molar-refractivity contribution < 1.29 is 0 Å². The molecule has 1 aliphatic heterocycles. The van der Waals surface area contributed by atoms with Crippen LogP contribution in [-0.4, -0.2) is 16.2 Å². The van der Waals surface area contributed by atoms with Gasteiger partial charge in [0, 0.05) is 35.2 Å². The zero-order valence-corrected chi connectivity index (χ0v) is 8.30. The summed E-state index contributed by atoms with van der Waals surface area (Å²) in [6.45, 7) is 0. The van der Waals surface area contributed by atoms with Gasteiger partial charge in [-0.3, -0.25) is 4.99 Å². The Labute approximate surface area is 82.1 Å². The summed E-state index contributed by atoms with van der Waals surface area (Å²) in [6, 6.07) is 0. The Morgan fingerprint density at radius 1 is 1.45 bits per heavy atom. The number of halogens is 2. The molecule has 0 saturated carbocycles. The van der Waals surface area contributed by atoms with Crippen molar-refractivity contribution in [2.75, 3.05) is 0 Å². The van der Waals surface area contributed by atoms with E-state index < -0.39 is 0 Å².